The van der Waals surface area contributed by atoms with Gasteiger partial charge in [0.1, 0.15) is 5.69 Å². The average molecular weight is 272 g/mol. The number of aromatic nitrogens is 2. The Balaban J connectivity index is 1.87. The summed E-state index contributed by atoms with van der Waals surface area (Å²) in [5.74, 6) is 0.399. The molecule has 18 heavy (non-hydrogen) atoms. The van der Waals surface area contributed by atoms with E-state index in [4.69, 9.17) is 16.3 Å². The van der Waals surface area contributed by atoms with Gasteiger partial charge in [0, 0.05) is 26.8 Å². The molecule has 1 fully saturated rings. The smallest absolute Gasteiger partial charge is 0.271 e. The maximum absolute atomic E-state index is 12.0. The minimum absolute atomic E-state index is 0.165. The fourth-order valence-electron chi connectivity index (χ4n) is 2.16. The van der Waals surface area contributed by atoms with Crippen molar-refractivity contribution < 1.29 is 9.53 Å². The van der Waals surface area contributed by atoms with Crippen LogP contribution >= 0.6 is 11.6 Å². The van der Waals surface area contributed by atoms with Gasteiger partial charge in [-0.3, -0.25) is 9.48 Å². The molecule has 6 heteroatoms. The molecule has 100 valence electrons. The van der Waals surface area contributed by atoms with Gasteiger partial charge in [0.15, 0.2) is 0 Å². The molecular formula is C12H18ClN3O2. The summed E-state index contributed by atoms with van der Waals surface area (Å²) in [6, 6.07) is 0. The molecule has 0 saturated carbocycles. The quantitative estimate of drug-likeness (QED) is 0.904. The lowest BCUT2D eigenvalue weighted by atomic mass is 10.1. The number of halogens is 1. The summed E-state index contributed by atoms with van der Waals surface area (Å²) in [7, 11) is 1.72. The first kappa shape index (κ1) is 13.4. The highest BCUT2D eigenvalue weighted by atomic mass is 35.5. The number of rotatable bonds is 4. The topological polar surface area (TPSA) is 56.2 Å². The lowest BCUT2D eigenvalue weighted by Crippen LogP contribution is -2.28. The highest BCUT2D eigenvalue weighted by Crippen LogP contribution is 2.19. The number of carbonyl (C=O) groups excluding carboxylic acids is 1. The minimum Gasteiger partial charge on any atom is -0.381 e. The van der Waals surface area contributed by atoms with E-state index in [9.17, 15) is 4.79 Å². The van der Waals surface area contributed by atoms with Crippen LogP contribution in [0.1, 0.15) is 29.0 Å². The first-order valence-electron chi connectivity index (χ1n) is 6.14. The summed E-state index contributed by atoms with van der Waals surface area (Å²) in [5.41, 5.74) is 1.10. The van der Waals surface area contributed by atoms with Gasteiger partial charge in [0.2, 0.25) is 0 Å². The van der Waals surface area contributed by atoms with Gasteiger partial charge in [0.25, 0.3) is 5.91 Å². The standard InChI is InChI=1S/C12H18ClN3O2/c1-8-10(13)11(16(2)15-8)12(17)14-5-3-9-4-6-18-7-9/h9H,3-7H2,1-2H3,(H,14,17)/t9-/m1/s1. The van der Waals surface area contributed by atoms with E-state index in [1.807, 2.05) is 0 Å². The second-order valence-electron chi connectivity index (χ2n) is 4.65. The number of carbonyl (C=O) groups is 1. The predicted molar refractivity (Wildman–Crippen MR) is 68.8 cm³/mol. The number of nitrogens with zero attached hydrogens (tertiary/aromatic N) is 2. The Hall–Kier alpha value is -1.07. The molecule has 0 unspecified atom stereocenters. The van der Waals surface area contributed by atoms with E-state index in [0.717, 1.165) is 26.1 Å². The second-order valence-corrected chi connectivity index (χ2v) is 5.02. The van der Waals surface area contributed by atoms with Gasteiger partial charge in [-0.1, -0.05) is 11.6 Å². The summed E-state index contributed by atoms with van der Waals surface area (Å²) in [6.07, 6.45) is 2.03. The highest BCUT2D eigenvalue weighted by Gasteiger charge is 2.19. The van der Waals surface area contributed by atoms with Crippen LogP contribution in [0.5, 0.6) is 0 Å². The van der Waals surface area contributed by atoms with Crippen molar-refractivity contribution in [1.29, 1.82) is 0 Å². The minimum atomic E-state index is -0.165. The van der Waals surface area contributed by atoms with Crippen molar-refractivity contribution in [2.45, 2.75) is 19.8 Å². The van der Waals surface area contributed by atoms with Crippen LogP contribution in [0.2, 0.25) is 5.02 Å². The van der Waals surface area contributed by atoms with E-state index >= 15 is 0 Å². The van der Waals surface area contributed by atoms with Crippen molar-refractivity contribution >= 4 is 17.5 Å². The molecule has 0 aliphatic carbocycles. The van der Waals surface area contributed by atoms with Crippen LogP contribution in [0.25, 0.3) is 0 Å². The first-order valence-corrected chi connectivity index (χ1v) is 6.52. The Morgan fingerprint density at radius 1 is 1.67 bits per heavy atom. The summed E-state index contributed by atoms with van der Waals surface area (Å²) in [5, 5.41) is 7.43. The average Bonchev–Trinajstić information content (AvgIpc) is 2.89. The molecule has 2 rings (SSSR count). The molecular weight excluding hydrogens is 254 g/mol. The number of hydrogen-bond donors (Lipinski definition) is 1. The number of amides is 1. The van der Waals surface area contributed by atoms with Crippen molar-refractivity contribution in [3.63, 3.8) is 0 Å². The molecule has 2 heterocycles. The fraction of sp³-hybridized carbons (Fsp3) is 0.667. The Labute approximate surface area is 111 Å². The molecule has 0 aromatic carbocycles. The van der Waals surface area contributed by atoms with Crippen molar-refractivity contribution in [3.8, 4) is 0 Å². The highest BCUT2D eigenvalue weighted by molar-refractivity contribution is 6.34. The number of hydrogen-bond acceptors (Lipinski definition) is 3. The van der Waals surface area contributed by atoms with Crippen LogP contribution in [0.3, 0.4) is 0 Å². The zero-order valence-electron chi connectivity index (χ0n) is 10.7. The molecule has 0 spiro atoms. The molecule has 1 amide bonds. The summed E-state index contributed by atoms with van der Waals surface area (Å²) >= 11 is 6.05. The van der Waals surface area contributed by atoms with E-state index in [1.54, 1.807) is 14.0 Å². The maximum Gasteiger partial charge on any atom is 0.271 e. The van der Waals surface area contributed by atoms with Crippen molar-refractivity contribution in [2.75, 3.05) is 19.8 Å². The van der Waals surface area contributed by atoms with E-state index in [-0.39, 0.29) is 5.91 Å². The summed E-state index contributed by atoms with van der Waals surface area (Å²) in [4.78, 5) is 12.0. The first-order chi connectivity index (χ1) is 8.59. The molecule has 0 bridgehead atoms. The molecule has 1 N–H and O–H groups in total. The molecule has 1 saturated heterocycles. The second kappa shape index (κ2) is 5.71. The van der Waals surface area contributed by atoms with Crippen LogP contribution in [0.4, 0.5) is 0 Å². The number of ether oxygens (including phenoxy) is 1. The molecule has 1 aromatic rings. The van der Waals surface area contributed by atoms with Gasteiger partial charge in [-0.2, -0.15) is 5.10 Å². The van der Waals surface area contributed by atoms with E-state index < -0.39 is 0 Å². The van der Waals surface area contributed by atoms with Crippen LogP contribution in [0.15, 0.2) is 0 Å². The summed E-state index contributed by atoms with van der Waals surface area (Å²) < 4.78 is 6.81. The molecule has 1 aliphatic heterocycles. The van der Waals surface area contributed by atoms with Crippen LogP contribution in [0, 0.1) is 12.8 Å². The van der Waals surface area contributed by atoms with Crippen molar-refractivity contribution in [2.24, 2.45) is 13.0 Å². The van der Waals surface area contributed by atoms with Gasteiger partial charge in [-0.25, -0.2) is 0 Å². The lowest BCUT2D eigenvalue weighted by molar-refractivity contribution is 0.0941. The Kier molecular flexibility index (Phi) is 4.24. The monoisotopic (exact) mass is 271 g/mol. The zero-order valence-corrected chi connectivity index (χ0v) is 11.5. The van der Waals surface area contributed by atoms with Crippen LogP contribution in [-0.4, -0.2) is 35.4 Å². The third kappa shape index (κ3) is 2.84. The molecule has 1 atom stereocenters. The SMILES string of the molecule is Cc1nn(C)c(C(=O)NCC[C@@H]2CCOC2)c1Cl. The molecule has 0 radical (unpaired) electrons. The number of aryl methyl sites for hydroxylation is 2. The Morgan fingerprint density at radius 2 is 2.44 bits per heavy atom. The third-order valence-electron chi connectivity index (χ3n) is 3.23. The van der Waals surface area contributed by atoms with Gasteiger partial charge < -0.3 is 10.1 Å². The van der Waals surface area contributed by atoms with E-state index in [2.05, 4.69) is 10.4 Å². The van der Waals surface area contributed by atoms with Crippen molar-refractivity contribution in [3.05, 3.63) is 16.4 Å². The van der Waals surface area contributed by atoms with Gasteiger partial charge >= 0.3 is 0 Å². The third-order valence-corrected chi connectivity index (χ3v) is 3.68. The molecule has 1 aromatic heterocycles. The normalized spacial score (nSPS) is 19.2. The largest absolute Gasteiger partial charge is 0.381 e. The predicted octanol–water partition coefficient (Wildman–Crippen LogP) is 1.54. The lowest BCUT2D eigenvalue weighted by Gasteiger charge is -2.09. The fourth-order valence-corrected chi connectivity index (χ4v) is 2.41. The van der Waals surface area contributed by atoms with E-state index in [1.165, 1.54) is 4.68 Å². The zero-order chi connectivity index (χ0) is 13.1. The Morgan fingerprint density at radius 3 is 3.00 bits per heavy atom. The van der Waals surface area contributed by atoms with Gasteiger partial charge in [-0.05, 0) is 25.7 Å². The maximum atomic E-state index is 12.0. The summed E-state index contributed by atoms with van der Waals surface area (Å²) in [6.45, 7) is 4.08. The molecule has 1 aliphatic rings. The van der Waals surface area contributed by atoms with Gasteiger partial charge in [0.05, 0.1) is 10.7 Å². The number of nitrogens with one attached hydrogen (secondary N) is 1. The van der Waals surface area contributed by atoms with Gasteiger partial charge in [-0.15, -0.1) is 0 Å². The van der Waals surface area contributed by atoms with Crippen molar-refractivity contribution in [1.82, 2.24) is 15.1 Å². The van der Waals surface area contributed by atoms with Crippen LogP contribution in [-0.2, 0) is 11.8 Å². The Bertz CT molecular complexity index is 439. The van der Waals surface area contributed by atoms with Crippen LogP contribution < -0.4 is 5.32 Å². The van der Waals surface area contributed by atoms with E-state index in [0.29, 0.717) is 28.9 Å². The molecule has 5 nitrogen and oxygen atoms in total.